The summed E-state index contributed by atoms with van der Waals surface area (Å²) in [6.07, 6.45) is 0. The second kappa shape index (κ2) is 10.6. The molecule has 0 saturated heterocycles. The van der Waals surface area contributed by atoms with Crippen LogP contribution in [0.15, 0.2) is 180 Å². The Morgan fingerprint density at radius 1 is 0.292 bits per heavy atom. The molecule has 0 fully saturated rings. The number of para-hydroxylation sites is 1. The van der Waals surface area contributed by atoms with Gasteiger partial charge in [0.2, 0.25) is 0 Å². The van der Waals surface area contributed by atoms with Gasteiger partial charge in [0.05, 0.1) is 0 Å². The van der Waals surface area contributed by atoms with Crippen LogP contribution >= 0.6 is 0 Å². The molecule has 0 aliphatic rings. The highest BCUT2D eigenvalue weighted by atomic mass is 16.3. The molecule has 0 atom stereocenters. The first-order valence-corrected chi connectivity index (χ1v) is 16.4. The Labute approximate surface area is 277 Å². The van der Waals surface area contributed by atoms with E-state index in [0.717, 1.165) is 39.0 Å². The molecule has 0 spiro atoms. The molecule has 0 aliphatic heterocycles. The van der Waals surface area contributed by atoms with Crippen LogP contribution in [0, 0.1) is 0 Å². The molecule has 224 valence electrons. The van der Waals surface area contributed by atoms with Crippen molar-refractivity contribution < 1.29 is 4.42 Å². The van der Waals surface area contributed by atoms with Crippen molar-refractivity contribution in [1.29, 1.82) is 0 Å². The zero-order valence-electron chi connectivity index (χ0n) is 26.1. The van der Waals surface area contributed by atoms with E-state index in [9.17, 15) is 0 Å². The van der Waals surface area contributed by atoms with Crippen LogP contribution in [0.1, 0.15) is 0 Å². The molecule has 9 aromatic carbocycles. The molecule has 0 unspecified atom stereocenters. The number of benzene rings is 9. The van der Waals surface area contributed by atoms with Crippen molar-refractivity contribution in [3.63, 3.8) is 0 Å². The van der Waals surface area contributed by atoms with Gasteiger partial charge in [0.1, 0.15) is 11.2 Å². The van der Waals surface area contributed by atoms with Crippen LogP contribution < -0.4 is 4.90 Å². The molecule has 0 amide bonds. The molecule has 2 nitrogen and oxygen atoms in total. The van der Waals surface area contributed by atoms with Crippen molar-refractivity contribution in [3.8, 4) is 11.1 Å². The molecule has 0 aliphatic carbocycles. The van der Waals surface area contributed by atoms with Crippen molar-refractivity contribution in [1.82, 2.24) is 0 Å². The number of hydrogen-bond donors (Lipinski definition) is 0. The molecule has 48 heavy (non-hydrogen) atoms. The number of hydrogen-bond acceptors (Lipinski definition) is 2. The van der Waals surface area contributed by atoms with Crippen LogP contribution in [0.25, 0.3) is 76.2 Å². The summed E-state index contributed by atoms with van der Waals surface area (Å²) in [6, 6.07) is 63.5. The van der Waals surface area contributed by atoms with Gasteiger partial charge in [-0.05, 0) is 103 Å². The van der Waals surface area contributed by atoms with Crippen molar-refractivity contribution in [2.75, 3.05) is 4.90 Å². The topological polar surface area (TPSA) is 16.4 Å². The van der Waals surface area contributed by atoms with Crippen molar-refractivity contribution in [2.45, 2.75) is 0 Å². The molecule has 1 aromatic heterocycles. The Hall–Kier alpha value is -6.38. The van der Waals surface area contributed by atoms with Gasteiger partial charge in [0, 0.05) is 33.9 Å². The van der Waals surface area contributed by atoms with E-state index in [1.54, 1.807) is 0 Å². The van der Waals surface area contributed by atoms with Gasteiger partial charge in [-0.1, -0.05) is 121 Å². The number of nitrogens with zero attached hydrogens (tertiary/aromatic N) is 1. The maximum atomic E-state index is 6.35. The third-order valence-corrected chi connectivity index (χ3v) is 9.79. The third kappa shape index (κ3) is 4.27. The minimum atomic E-state index is 0.879. The standard InChI is InChI=1S/C46H29NO/c1-2-10-33-26-37(21-18-30(33)8-1)47(38-22-25-43-42-14-5-6-15-45(42)48-46(43)29-38)36-12-7-11-34(27-36)35-17-16-32-20-23-40-39-13-4-3-9-31(39)19-24-41(40)44(32)28-35/h1-29H. The largest absolute Gasteiger partial charge is 0.456 e. The van der Waals surface area contributed by atoms with Crippen molar-refractivity contribution >= 4 is 82.1 Å². The molecule has 0 radical (unpaired) electrons. The highest BCUT2D eigenvalue weighted by Crippen LogP contribution is 2.41. The Morgan fingerprint density at radius 2 is 0.875 bits per heavy atom. The molecule has 1 heterocycles. The summed E-state index contributed by atoms with van der Waals surface area (Å²) in [4.78, 5) is 2.34. The van der Waals surface area contributed by atoms with Gasteiger partial charge in [-0.15, -0.1) is 0 Å². The Kier molecular flexibility index (Phi) is 5.91. The van der Waals surface area contributed by atoms with Crippen molar-refractivity contribution in [2.24, 2.45) is 0 Å². The summed E-state index contributed by atoms with van der Waals surface area (Å²) in [5.41, 5.74) is 7.37. The van der Waals surface area contributed by atoms with Gasteiger partial charge < -0.3 is 9.32 Å². The fraction of sp³-hybridized carbons (Fsp3) is 0. The van der Waals surface area contributed by atoms with Gasteiger partial charge in [-0.3, -0.25) is 0 Å². The highest BCUT2D eigenvalue weighted by molar-refractivity contribution is 6.17. The van der Waals surface area contributed by atoms with E-state index in [1.807, 2.05) is 12.1 Å². The van der Waals surface area contributed by atoms with Crippen LogP contribution in [0.2, 0.25) is 0 Å². The van der Waals surface area contributed by atoms with Crippen molar-refractivity contribution in [3.05, 3.63) is 176 Å². The summed E-state index contributed by atoms with van der Waals surface area (Å²) < 4.78 is 6.35. The van der Waals surface area contributed by atoms with E-state index in [1.165, 1.54) is 54.2 Å². The van der Waals surface area contributed by atoms with Gasteiger partial charge in [-0.2, -0.15) is 0 Å². The monoisotopic (exact) mass is 611 g/mol. The molecular formula is C46H29NO. The molecule has 0 saturated carbocycles. The van der Waals surface area contributed by atoms with Gasteiger partial charge in [0.25, 0.3) is 0 Å². The SMILES string of the molecule is c1cc(-c2ccc3ccc4c5ccccc5ccc4c3c2)cc(N(c2ccc3ccccc3c2)c2ccc3c(c2)oc2ccccc23)c1. The fourth-order valence-electron chi connectivity index (χ4n) is 7.44. The molecule has 10 rings (SSSR count). The van der Waals surface area contributed by atoms with Crippen LogP contribution in [-0.4, -0.2) is 0 Å². The predicted molar refractivity (Wildman–Crippen MR) is 204 cm³/mol. The van der Waals surface area contributed by atoms with E-state index in [-0.39, 0.29) is 0 Å². The molecular weight excluding hydrogens is 583 g/mol. The zero-order chi connectivity index (χ0) is 31.6. The van der Waals surface area contributed by atoms with Gasteiger partial charge in [0.15, 0.2) is 0 Å². The maximum absolute atomic E-state index is 6.35. The Bertz CT molecular complexity index is 2860. The van der Waals surface area contributed by atoms with E-state index < -0.39 is 0 Å². The van der Waals surface area contributed by atoms with E-state index >= 15 is 0 Å². The van der Waals surface area contributed by atoms with E-state index in [4.69, 9.17) is 4.42 Å². The first kappa shape index (κ1) is 26.8. The first-order valence-electron chi connectivity index (χ1n) is 16.4. The van der Waals surface area contributed by atoms with Crippen LogP contribution in [0.4, 0.5) is 17.1 Å². The smallest absolute Gasteiger partial charge is 0.137 e. The number of rotatable bonds is 4. The number of furan rings is 1. The highest BCUT2D eigenvalue weighted by Gasteiger charge is 2.17. The summed E-state index contributed by atoms with van der Waals surface area (Å²) in [6.45, 7) is 0. The predicted octanol–water partition coefficient (Wildman–Crippen LogP) is 13.3. The van der Waals surface area contributed by atoms with Crippen LogP contribution in [0.5, 0.6) is 0 Å². The maximum Gasteiger partial charge on any atom is 0.137 e. The lowest BCUT2D eigenvalue weighted by Crippen LogP contribution is -2.10. The minimum Gasteiger partial charge on any atom is -0.456 e. The zero-order valence-corrected chi connectivity index (χ0v) is 26.1. The number of anilines is 3. The quantitative estimate of drug-likeness (QED) is 0.184. The summed E-state index contributed by atoms with van der Waals surface area (Å²) in [5, 5.41) is 12.3. The lowest BCUT2D eigenvalue weighted by atomic mass is 9.94. The Morgan fingerprint density at radius 3 is 1.77 bits per heavy atom. The number of fused-ring (bicyclic) bond motifs is 9. The fourth-order valence-corrected chi connectivity index (χ4v) is 7.44. The second-order valence-electron chi connectivity index (χ2n) is 12.6. The minimum absolute atomic E-state index is 0.879. The van der Waals surface area contributed by atoms with Gasteiger partial charge in [-0.25, -0.2) is 0 Å². The first-order chi connectivity index (χ1) is 23.8. The van der Waals surface area contributed by atoms with Gasteiger partial charge >= 0.3 is 0 Å². The molecule has 0 N–H and O–H groups in total. The van der Waals surface area contributed by atoms with Crippen LogP contribution in [-0.2, 0) is 0 Å². The third-order valence-electron chi connectivity index (χ3n) is 9.79. The molecule has 0 bridgehead atoms. The summed E-state index contributed by atoms with van der Waals surface area (Å²) >= 11 is 0. The lowest BCUT2D eigenvalue weighted by Gasteiger charge is -2.26. The summed E-state index contributed by atoms with van der Waals surface area (Å²) in [7, 11) is 0. The molecule has 10 aromatic rings. The molecule has 2 heteroatoms. The second-order valence-corrected chi connectivity index (χ2v) is 12.6. The van der Waals surface area contributed by atoms with E-state index in [0.29, 0.717) is 0 Å². The van der Waals surface area contributed by atoms with E-state index in [2.05, 4.69) is 169 Å². The normalized spacial score (nSPS) is 11.8. The Balaban J connectivity index is 1.15. The summed E-state index contributed by atoms with van der Waals surface area (Å²) in [5.74, 6) is 0. The average Bonchev–Trinajstić information content (AvgIpc) is 3.52. The average molecular weight is 612 g/mol. The van der Waals surface area contributed by atoms with Crippen LogP contribution in [0.3, 0.4) is 0 Å². The lowest BCUT2D eigenvalue weighted by molar-refractivity contribution is 0.669.